The van der Waals surface area contributed by atoms with Gasteiger partial charge in [-0.2, -0.15) is 10.4 Å². The lowest BCUT2D eigenvalue weighted by atomic mass is 9.87. The van der Waals surface area contributed by atoms with Gasteiger partial charge in [-0.1, -0.05) is 37.5 Å². The molecule has 38 heavy (non-hydrogen) atoms. The molecule has 1 saturated heterocycles. The summed E-state index contributed by atoms with van der Waals surface area (Å²) >= 11 is 0. The van der Waals surface area contributed by atoms with Crippen molar-refractivity contribution >= 4 is 23.2 Å². The minimum atomic E-state index is -2.00. The van der Waals surface area contributed by atoms with Gasteiger partial charge in [-0.15, -0.1) is 0 Å². The third-order valence-corrected chi connectivity index (χ3v) is 7.33. The SMILES string of the molecule is N#C[C@@]1(c2ccc3c(NC(=O)c4ccccc4)ncnn23)O[C@H](CO)[C@@H](OC(=O)CC2CCCCC2)[C@H]1O. The lowest BCUT2D eigenvalue weighted by Crippen LogP contribution is -2.43. The summed E-state index contributed by atoms with van der Waals surface area (Å²) in [5.74, 6) is -0.467. The van der Waals surface area contributed by atoms with Crippen molar-refractivity contribution in [2.45, 2.75) is 62.4 Å². The maximum absolute atomic E-state index is 12.7. The smallest absolute Gasteiger partial charge is 0.306 e. The molecule has 1 saturated carbocycles. The van der Waals surface area contributed by atoms with Crippen molar-refractivity contribution in [3.05, 3.63) is 60.0 Å². The van der Waals surface area contributed by atoms with Crippen LogP contribution in [0.2, 0.25) is 0 Å². The fraction of sp³-hybridized carbons (Fsp3) is 0.444. The molecule has 0 bridgehead atoms. The van der Waals surface area contributed by atoms with Gasteiger partial charge >= 0.3 is 5.97 Å². The number of amides is 1. The number of rotatable bonds is 7. The number of aromatic nitrogens is 3. The van der Waals surface area contributed by atoms with Gasteiger partial charge in [-0.3, -0.25) is 9.59 Å². The van der Waals surface area contributed by atoms with Gasteiger partial charge in [0.05, 0.1) is 12.3 Å². The van der Waals surface area contributed by atoms with E-state index in [1.54, 1.807) is 36.4 Å². The van der Waals surface area contributed by atoms with Crippen LogP contribution >= 0.6 is 0 Å². The summed E-state index contributed by atoms with van der Waals surface area (Å²) in [6.45, 7) is -0.571. The molecule has 198 valence electrons. The average molecular weight is 520 g/mol. The molecule has 1 amide bonds. The van der Waals surface area contributed by atoms with Crippen LogP contribution < -0.4 is 5.32 Å². The molecule has 0 radical (unpaired) electrons. The lowest BCUT2D eigenvalue weighted by molar-refractivity contribution is -0.158. The van der Waals surface area contributed by atoms with Crippen LogP contribution in [0.15, 0.2) is 48.8 Å². The first-order chi connectivity index (χ1) is 18.5. The van der Waals surface area contributed by atoms with E-state index in [0.29, 0.717) is 11.1 Å². The zero-order chi connectivity index (χ0) is 26.7. The molecular weight excluding hydrogens is 490 g/mol. The summed E-state index contributed by atoms with van der Waals surface area (Å²) in [7, 11) is 0. The fourth-order valence-electron chi connectivity index (χ4n) is 5.36. The summed E-state index contributed by atoms with van der Waals surface area (Å²) in [6.07, 6.45) is 2.64. The second kappa shape index (κ2) is 10.9. The number of carbonyl (C=O) groups excluding carboxylic acids is 2. The molecule has 4 atom stereocenters. The highest BCUT2D eigenvalue weighted by molar-refractivity contribution is 6.05. The molecule has 0 spiro atoms. The Labute approximate surface area is 219 Å². The second-order valence-electron chi connectivity index (χ2n) is 9.74. The molecule has 2 aromatic heterocycles. The van der Waals surface area contributed by atoms with Crippen LogP contribution in [0, 0.1) is 17.2 Å². The highest BCUT2D eigenvalue weighted by atomic mass is 16.6. The first-order valence-corrected chi connectivity index (χ1v) is 12.7. The van der Waals surface area contributed by atoms with E-state index in [4.69, 9.17) is 9.47 Å². The summed E-state index contributed by atoms with van der Waals surface area (Å²) in [5.41, 5.74) is -1.06. The molecule has 3 N–H and O–H groups in total. The maximum atomic E-state index is 12.7. The predicted octanol–water partition coefficient (Wildman–Crippen LogP) is 2.33. The quantitative estimate of drug-likeness (QED) is 0.398. The molecule has 5 rings (SSSR count). The summed E-state index contributed by atoms with van der Waals surface area (Å²) in [5, 5.41) is 38.4. The van der Waals surface area contributed by atoms with Crippen LogP contribution in [0.3, 0.4) is 0 Å². The first-order valence-electron chi connectivity index (χ1n) is 12.7. The summed E-state index contributed by atoms with van der Waals surface area (Å²) in [4.78, 5) is 29.6. The molecule has 1 aliphatic heterocycles. The number of nitrogens with zero attached hydrogens (tertiary/aromatic N) is 4. The molecule has 1 aromatic carbocycles. The number of aliphatic hydroxyl groups excluding tert-OH is 2. The number of hydrogen-bond donors (Lipinski definition) is 3. The van der Waals surface area contributed by atoms with Gasteiger partial charge < -0.3 is 25.0 Å². The Morgan fingerprint density at radius 1 is 1.18 bits per heavy atom. The fourth-order valence-corrected chi connectivity index (χ4v) is 5.36. The molecular formula is C27H29N5O6. The van der Waals surface area contributed by atoms with Crippen molar-refractivity contribution in [1.82, 2.24) is 14.6 Å². The Bertz CT molecular complexity index is 1350. The number of benzene rings is 1. The van der Waals surface area contributed by atoms with Crippen molar-refractivity contribution in [2.75, 3.05) is 11.9 Å². The number of hydrogen-bond acceptors (Lipinski definition) is 9. The van der Waals surface area contributed by atoms with Crippen molar-refractivity contribution < 1.29 is 29.3 Å². The number of nitrogens with one attached hydrogen (secondary N) is 1. The van der Waals surface area contributed by atoms with E-state index in [9.17, 15) is 25.1 Å². The topological polar surface area (TPSA) is 159 Å². The van der Waals surface area contributed by atoms with Crippen molar-refractivity contribution in [1.29, 1.82) is 5.26 Å². The minimum absolute atomic E-state index is 0.143. The molecule has 2 fully saturated rings. The Kier molecular flexibility index (Phi) is 7.37. The Hall–Kier alpha value is -3.85. The maximum Gasteiger partial charge on any atom is 0.306 e. The molecule has 0 unspecified atom stereocenters. The Balaban J connectivity index is 1.41. The van der Waals surface area contributed by atoms with Gasteiger partial charge in [0.25, 0.3) is 5.91 Å². The van der Waals surface area contributed by atoms with Crippen molar-refractivity contribution in [3.8, 4) is 6.07 Å². The zero-order valence-corrected chi connectivity index (χ0v) is 20.7. The van der Waals surface area contributed by atoms with Crippen molar-refractivity contribution in [2.24, 2.45) is 5.92 Å². The molecule has 3 heterocycles. The van der Waals surface area contributed by atoms with E-state index in [1.165, 1.54) is 16.9 Å². The number of ether oxygens (including phenoxy) is 2. The van der Waals surface area contributed by atoms with E-state index >= 15 is 0 Å². The number of nitriles is 1. The normalized spacial score (nSPS) is 25.7. The van der Waals surface area contributed by atoms with Crippen LogP contribution in [0.4, 0.5) is 5.82 Å². The minimum Gasteiger partial charge on any atom is -0.457 e. The van der Waals surface area contributed by atoms with Crippen LogP contribution in [-0.2, 0) is 19.9 Å². The number of carbonyl (C=O) groups is 2. The average Bonchev–Trinajstić information content (AvgIpc) is 3.50. The van der Waals surface area contributed by atoms with E-state index in [0.717, 1.165) is 32.1 Å². The number of anilines is 1. The first kappa shape index (κ1) is 25.8. The zero-order valence-electron chi connectivity index (χ0n) is 20.7. The van der Waals surface area contributed by atoms with E-state index in [1.807, 2.05) is 6.07 Å². The van der Waals surface area contributed by atoms with Gasteiger partial charge in [0, 0.05) is 12.0 Å². The van der Waals surface area contributed by atoms with E-state index in [-0.39, 0.29) is 29.8 Å². The number of fused-ring (bicyclic) bond motifs is 1. The standard InChI is InChI=1S/C27H29N5O6/c28-15-27(24(35)23(20(14-33)38-27)37-22(34)13-17-7-3-1-4-8-17)21-12-11-19-25(29-16-30-32(19)21)31-26(36)18-9-5-2-6-10-18/h2,5-6,9-12,16-17,20,23-24,33,35H,1,3-4,7-8,13-14H2,(H,29,30,31,36)/t20-,23-,24-,27+/m1/s1. The number of esters is 1. The van der Waals surface area contributed by atoms with Crippen LogP contribution in [-0.4, -0.2) is 61.6 Å². The second-order valence-corrected chi connectivity index (χ2v) is 9.74. The molecule has 2 aliphatic rings. The van der Waals surface area contributed by atoms with Crippen LogP contribution in [0.5, 0.6) is 0 Å². The van der Waals surface area contributed by atoms with E-state index in [2.05, 4.69) is 15.4 Å². The van der Waals surface area contributed by atoms with Gasteiger partial charge in [-0.05, 0) is 43.0 Å². The lowest BCUT2D eigenvalue weighted by Gasteiger charge is -2.25. The number of aliphatic hydroxyl groups is 2. The third kappa shape index (κ3) is 4.74. The predicted molar refractivity (Wildman–Crippen MR) is 134 cm³/mol. The van der Waals surface area contributed by atoms with Gasteiger partial charge in [0.15, 0.2) is 11.9 Å². The monoisotopic (exact) mass is 519 g/mol. The largest absolute Gasteiger partial charge is 0.457 e. The van der Waals surface area contributed by atoms with Crippen molar-refractivity contribution in [3.63, 3.8) is 0 Å². The van der Waals surface area contributed by atoms with Crippen LogP contribution in [0.1, 0.15) is 54.6 Å². The van der Waals surface area contributed by atoms with Gasteiger partial charge in [-0.25, -0.2) is 9.50 Å². The molecule has 1 aliphatic carbocycles. The van der Waals surface area contributed by atoms with Gasteiger partial charge in [0.1, 0.15) is 30.1 Å². The molecule has 11 nitrogen and oxygen atoms in total. The van der Waals surface area contributed by atoms with Gasteiger partial charge in [0.2, 0.25) is 5.60 Å². The molecule has 11 heteroatoms. The Morgan fingerprint density at radius 2 is 1.95 bits per heavy atom. The van der Waals surface area contributed by atoms with Crippen LogP contribution in [0.25, 0.3) is 5.52 Å². The highest BCUT2D eigenvalue weighted by Crippen LogP contribution is 2.42. The highest BCUT2D eigenvalue weighted by Gasteiger charge is 2.59. The van der Waals surface area contributed by atoms with E-state index < -0.39 is 36.5 Å². The Morgan fingerprint density at radius 3 is 2.66 bits per heavy atom. The third-order valence-electron chi connectivity index (χ3n) is 7.33. The summed E-state index contributed by atoms with van der Waals surface area (Å²) in [6, 6.07) is 13.7. The summed E-state index contributed by atoms with van der Waals surface area (Å²) < 4.78 is 12.8. The molecule has 3 aromatic rings.